The standard InChI is InChI=1S/C16H23N3/c1-13-11-15(12-18-10-6-9-17)14(2)19(13)16-7-4-3-5-8-16/h3-5,7-8,11,18H,6,9-10,12,17H2,1-2H3. The van der Waals surface area contributed by atoms with E-state index in [1.807, 2.05) is 6.07 Å². The minimum absolute atomic E-state index is 0.746. The van der Waals surface area contributed by atoms with Crippen LogP contribution in [-0.4, -0.2) is 17.7 Å². The van der Waals surface area contributed by atoms with Gasteiger partial charge in [0, 0.05) is 23.6 Å². The van der Waals surface area contributed by atoms with Crippen molar-refractivity contribution in [3.63, 3.8) is 0 Å². The van der Waals surface area contributed by atoms with Crippen LogP contribution < -0.4 is 11.1 Å². The molecule has 0 aliphatic rings. The number of para-hydroxylation sites is 1. The van der Waals surface area contributed by atoms with Gasteiger partial charge in [0.2, 0.25) is 0 Å². The Labute approximate surface area is 115 Å². The molecule has 2 aromatic rings. The molecule has 3 heteroatoms. The zero-order chi connectivity index (χ0) is 13.7. The summed E-state index contributed by atoms with van der Waals surface area (Å²) in [7, 11) is 0. The second-order valence-electron chi connectivity index (χ2n) is 4.89. The van der Waals surface area contributed by atoms with Gasteiger partial charge < -0.3 is 15.6 Å². The fourth-order valence-electron chi connectivity index (χ4n) is 2.43. The second kappa shape index (κ2) is 6.55. The third kappa shape index (κ3) is 3.25. The minimum atomic E-state index is 0.746. The number of aryl methyl sites for hydroxylation is 1. The average molecular weight is 257 g/mol. The Morgan fingerprint density at radius 3 is 2.58 bits per heavy atom. The van der Waals surface area contributed by atoms with Crippen LogP contribution in [0.4, 0.5) is 0 Å². The number of benzene rings is 1. The van der Waals surface area contributed by atoms with Gasteiger partial charge >= 0.3 is 0 Å². The first-order chi connectivity index (χ1) is 9.24. The summed E-state index contributed by atoms with van der Waals surface area (Å²) in [5, 5.41) is 3.44. The Morgan fingerprint density at radius 1 is 1.16 bits per heavy atom. The lowest BCUT2D eigenvalue weighted by atomic mass is 10.2. The fraction of sp³-hybridized carbons (Fsp3) is 0.375. The van der Waals surface area contributed by atoms with E-state index in [0.717, 1.165) is 26.1 Å². The highest BCUT2D eigenvalue weighted by atomic mass is 15.0. The number of aromatic nitrogens is 1. The number of nitrogens with zero attached hydrogens (tertiary/aromatic N) is 1. The lowest BCUT2D eigenvalue weighted by molar-refractivity contribution is 0.653. The molecular formula is C16H23N3. The van der Waals surface area contributed by atoms with Gasteiger partial charge in [0.15, 0.2) is 0 Å². The Bertz CT molecular complexity index is 514. The van der Waals surface area contributed by atoms with Gasteiger partial charge in [-0.1, -0.05) is 18.2 Å². The van der Waals surface area contributed by atoms with Gasteiger partial charge in [0.05, 0.1) is 0 Å². The van der Waals surface area contributed by atoms with Crippen molar-refractivity contribution < 1.29 is 0 Å². The van der Waals surface area contributed by atoms with Crippen LogP contribution in [-0.2, 0) is 6.54 Å². The zero-order valence-electron chi connectivity index (χ0n) is 11.8. The first kappa shape index (κ1) is 13.8. The van der Waals surface area contributed by atoms with E-state index in [4.69, 9.17) is 5.73 Å². The van der Waals surface area contributed by atoms with E-state index >= 15 is 0 Å². The van der Waals surface area contributed by atoms with Crippen LogP contribution >= 0.6 is 0 Å². The molecule has 0 aliphatic carbocycles. The molecule has 0 aliphatic heterocycles. The lowest BCUT2D eigenvalue weighted by Gasteiger charge is -2.10. The molecule has 2 rings (SSSR count). The summed E-state index contributed by atoms with van der Waals surface area (Å²) in [4.78, 5) is 0. The van der Waals surface area contributed by atoms with E-state index in [0.29, 0.717) is 0 Å². The highest BCUT2D eigenvalue weighted by Crippen LogP contribution is 2.20. The number of nitrogens with one attached hydrogen (secondary N) is 1. The molecule has 3 nitrogen and oxygen atoms in total. The van der Waals surface area contributed by atoms with Crippen molar-refractivity contribution in [2.45, 2.75) is 26.8 Å². The third-order valence-electron chi connectivity index (χ3n) is 3.42. The fourth-order valence-corrected chi connectivity index (χ4v) is 2.43. The van der Waals surface area contributed by atoms with Gasteiger partial charge in [-0.2, -0.15) is 0 Å². The van der Waals surface area contributed by atoms with Gasteiger partial charge in [0.25, 0.3) is 0 Å². The molecule has 19 heavy (non-hydrogen) atoms. The highest BCUT2D eigenvalue weighted by Gasteiger charge is 2.09. The van der Waals surface area contributed by atoms with E-state index in [1.54, 1.807) is 0 Å². The maximum absolute atomic E-state index is 5.50. The normalized spacial score (nSPS) is 10.9. The van der Waals surface area contributed by atoms with Crippen LogP contribution in [0.5, 0.6) is 0 Å². The van der Waals surface area contributed by atoms with Gasteiger partial charge in [-0.25, -0.2) is 0 Å². The SMILES string of the molecule is Cc1cc(CNCCCN)c(C)n1-c1ccccc1. The van der Waals surface area contributed by atoms with Gasteiger partial charge in [-0.15, -0.1) is 0 Å². The Morgan fingerprint density at radius 2 is 1.89 bits per heavy atom. The van der Waals surface area contributed by atoms with Crippen molar-refractivity contribution in [3.05, 3.63) is 53.3 Å². The van der Waals surface area contributed by atoms with E-state index in [-0.39, 0.29) is 0 Å². The quantitative estimate of drug-likeness (QED) is 0.781. The van der Waals surface area contributed by atoms with Crippen molar-refractivity contribution in [1.82, 2.24) is 9.88 Å². The van der Waals surface area contributed by atoms with Crippen molar-refractivity contribution in [2.75, 3.05) is 13.1 Å². The molecule has 1 aromatic heterocycles. The topological polar surface area (TPSA) is 43.0 Å². The summed E-state index contributed by atoms with van der Waals surface area (Å²) in [6, 6.07) is 12.8. The number of hydrogen-bond acceptors (Lipinski definition) is 2. The number of rotatable bonds is 6. The van der Waals surface area contributed by atoms with E-state index < -0.39 is 0 Å². The zero-order valence-corrected chi connectivity index (χ0v) is 11.8. The van der Waals surface area contributed by atoms with E-state index in [9.17, 15) is 0 Å². The summed E-state index contributed by atoms with van der Waals surface area (Å²) < 4.78 is 2.31. The van der Waals surface area contributed by atoms with Crippen LogP contribution in [0, 0.1) is 13.8 Å². The molecule has 0 bridgehead atoms. The monoisotopic (exact) mass is 257 g/mol. The second-order valence-corrected chi connectivity index (χ2v) is 4.89. The maximum atomic E-state index is 5.50. The predicted octanol–water partition coefficient (Wildman–Crippen LogP) is 2.53. The van der Waals surface area contributed by atoms with Crippen LogP contribution in [0.15, 0.2) is 36.4 Å². The first-order valence-electron chi connectivity index (χ1n) is 6.88. The highest BCUT2D eigenvalue weighted by molar-refractivity contribution is 5.40. The first-order valence-corrected chi connectivity index (χ1v) is 6.88. The van der Waals surface area contributed by atoms with Crippen LogP contribution in [0.2, 0.25) is 0 Å². The van der Waals surface area contributed by atoms with Crippen molar-refractivity contribution in [2.24, 2.45) is 5.73 Å². The van der Waals surface area contributed by atoms with E-state index in [1.165, 1.54) is 22.6 Å². The smallest absolute Gasteiger partial charge is 0.0455 e. The molecule has 0 saturated carbocycles. The number of hydrogen-bond donors (Lipinski definition) is 2. The van der Waals surface area contributed by atoms with Crippen LogP contribution in [0.25, 0.3) is 5.69 Å². The minimum Gasteiger partial charge on any atom is -0.330 e. The molecule has 0 unspecified atom stereocenters. The van der Waals surface area contributed by atoms with Crippen LogP contribution in [0.3, 0.4) is 0 Å². The van der Waals surface area contributed by atoms with E-state index in [2.05, 4.69) is 54.1 Å². The molecule has 0 spiro atoms. The van der Waals surface area contributed by atoms with Gasteiger partial charge in [-0.3, -0.25) is 0 Å². The van der Waals surface area contributed by atoms with Crippen molar-refractivity contribution >= 4 is 0 Å². The molecule has 3 N–H and O–H groups in total. The molecule has 1 aromatic carbocycles. The lowest BCUT2D eigenvalue weighted by Crippen LogP contribution is -2.18. The summed E-state index contributed by atoms with van der Waals surface area (Å²) >= 11 is 0. The summed E-state index contributed by atoms with van der Waals surface area (Å²) in [5.41, 5.74) is 10.7. The Hall–Kier alpha value is -1.58. The molecule has 102 valence electrons. The summed E-state index contributed by atoms with van der Waals surface area (Å²) in [6.07, 6.45) is 1.03. The maximum Gasteiger partial charge on any atom is 0.0455 e. The third-order valence-corrected chi connectivity index (χ3v) is 3.42. The van der Waals surface area contributed by atoms with Crippen molar-refractivity contribution in [1.29, 1.82) is 0 Å². The molecule has 0 amide bonds. The summed E-state index contributed by atoms with van der Waals surface area (Å²) in [6.45, 7) is 6.97. The van der Waals surface area contributed by atoms with Gasteiger partial charge in [-0.05, 0) is 57.1 Å². The van der Waals surface area contributed by atoms with Crippen molar-refractivity contribution in [3.8, 4) is 5.69 Å². The largest absolute Gasteiger partial charge is 0.330 e. The molecule has 0 saturated heterocycles. The van der Waals surface area contributed by atoms with Crippen LogP contribution in [0.1, 0.15) is 23.4 Å². The molecule has 0 radical (unpaired) electrons. The molecular weight excluding hydrogens is 234 g/mol. The predicted molar refractivity (Wildman–Crippen MR) is 80.6 cm³/mol. The molecule has 0 atom stereocenters. The average Bonchev–Trinajstić information content (AvgIpc) is 2.71. The Balaban J connectivity index is 2.16. The Kier molecular flexibility index (Phi) is 4.77. The van der Waals surface area contributed by atoms with Gasteiger partial charge in [0.1, 0.15) is 0 Å². The number of nitrogens with two attached hydrogens (primary N) is 1. The summed E-state index contributed by atoms with van der Waals surface area (Å²) in [5.74, 6) is 0. The molecule has 0 fully saturated rings. The molecule has 1 heterocycles.